The van der Waals surface area contributed by atoms with E-state index in [2.05, 4.69) is 10.4 Å². The summed E-state index contributed by atoms with van der Waals surface area (Å²) in [6.07, 6.45) is 1.49. The fourth-order valence-corrected chi connectivity index (χ4v) is 3.40. The first-order valence-corrected chi connectivity index (χ1v) is 8.38. The van der Waals surface area contributed by atoms with Crippen molar-refractivity contribution in [2.24, 2.45) is 0 Å². The number of carbonyl (C=O) groups is 2. The van der Waals surface area contributed by atoms with Gasteiger partial charge in [-0.05, 0) is 24.3 Å². The van der Waals surface area contributed by atoms with Gasteiger partial charge in [0.2, 0.25) is 5.91 Å². The Balaban J connectivity index is 1.65. The number of hydrogen-bond donors (Lipinski definition) is 1. The number of anilines is 1. The van der Waals surface area contributed by atoms with Crippen LogP contribution in [-0.4, -0.2) is 45.5 Å². The number of alkyl halides is 2. The smallest absolute Gasteiger partial charge is 0.264 e. The Morgan fingerprint density at radius 3 is 3.00 bits per heavy atom. The molecule has 3 rings (SSSR count). The summed E-state index contributed by atoms with van der Waals surface area (Å²) >= 11 is 1.34. The number of carbonyl (C=O) groups excluding carboxylic acids is 2. The van der Waals surface area contributed by atoms with E-state index in [1.807, 2.05) is 5.38 Å². The van der Waals surface area contributed by atoms with Crippen LogP contribution < -0.4 is 5.32 Å². The Morgan fingerprint density at radius 1 is 1.46 bits per heavy atom. The van der Waals surface area contributed by atoms with E-state index in [0.717, 1.165) is 11.1 Å². The maximum absolute atomic E-state index is 12.5. The molecule has 0 radical (unpaired) electrons. The van der Waals surface area contributed by atoms with E-state index in [4.69, 9.17) is 0 Å². The SMILES string of the molecule is O=C(Nc1cnn(CC(F)F)c1)[C@@H]1CCCN1C(=O)c1cccs1. The largest absolute Gasteiger partial charge is 0.326 e. The lowest BCUT2D eigenvalue weighted by atomic mass is 10.2. The summed E-state index contributed by atoms with van der Waals surface area (Å²) in [6, 6.07) is 2.97. The summed E-state index contributed by atoms with van der Waals surface area (Å²) < 4.78 is 25.7. The van der Waals surface area contributed by atoms with Crippen molar-refractivity contribution in [3.05, 3.63) is 34.8 Å². The molecular weight excluding hydrogens is 338 g/mol. The van der Waals surface area contributed by atoms with Gasteiger partial charge in [0.05, 0.1) is 16.8 Å². The highest BCUT2D eigenvalue weighted by Gasteiger charge is 2.35. The van der Waals surface area contributed by atoms with Gasteiger partial charge in [-0.25, -0.2) is 8.78 Å². The molecule has 1 N–H and O–H groups in total. The molecule has 0 aliphatic carbocycles. The van der Waals surface area contributed by atoms with Crippen molar-refractivity contribution in [3.63, 3.8) is 0 Å². The number of nitrogens with one attached hydrogen (secondary N) is 1. The van der Waals surface area contributed by atoms with Crippen molar-refractivity contribution in [3.8, 4) is 0 Å². The molecule has 0 spiro atoms. The van der Waals surface area contributed by atoms with Gasteiger partial charge in [0.15, 0.2) is 0 Å². The fourth-order valence-electron chi connectivity index (χ4n) is 2.72. The highest BCUT2D eigenvalue weighted by molar-refractivity contribution is 7.12. The third-order valence-corrected chi connectivity index (χ3v) is 4.63. The summed E-state index contributed by atoms with van der Waals surface area (Å²) in [5, 5.41) is 8.24. The molecule has 2 aromatic rings. The quantitative estimate of drug-likeness (QED) is 0.897. The average Bonchev–Trinajstić information content (AvgIpc) is 3.27. The van der Waals surface area contributed by atoms with Crippen LogP contribution in [0.1, 0.15) is 22.5 Å². The minimum atomic E-state index is -2.51. The van der Waals surface area contributed by atoms with Crippen LogP contribution in [0.25, 0.3) is 0 Å². The Labute approximate surface area is 141 Å². The van der Waals surface area contributed by atoms with Gasteiger partial charge in [-0.2, -0.15) is 5.10 Å². The molecule has 1 saturated heterocycles. The first-order valence-electron chi connectivity index (χ1n) is 7.50. The van der Waals surface area contributed by atoms with Gasteiger partial charge in [0, 0.05) is 12.7 Å². The van der Waals surface area contributed by atoms with Crippen LogP contribution >= 0.6 is 11.3 Å². The highest BCUT2D eigenvalue weighted by Crippen LogP contribution is 2.23. The van der Waals surface area contributed by atoms with E-state index in [1.54, 1.807) is 17.0 Å². The Kier molecular flexibility index (Phi) is 4.89. The van der Waals surface area contributed by atoms with Crippen molar-refractivity contribution in [1.82, 2.24) is 14.7 Å². The van der Waals surface area contributed by atoms with E-state index in [0.29, 0.717) is 23.5 Å². The van der Waals surface area contributed by atoms with Gasteiger partial charge in [-0.1, -0.05) is 6.07 Å². The average molecular weight is 354 g/mol. The number of halogens is 2. The molecule has 1 aliphatic heterocycles. The second kappa shape index (κ2) is 7.08. The third kappa shape index (κ3) is 3.61. The van der Waals surface area contributed by atoms with Gasteiger partial charge in [-0.15, -0.1) is 11.3 Å². The normalized spacial score (nSPS) is 17.5. The van der Waals surface area contributed by atoms with Crippen LogP contribution in [0.15, 0.2) is 29.9 Å². The lowest BCUT2D eigenvalue weighted by Crippen LogP contribution is -2.42. The molecule has 24 heavy (non-hydrogen) atoms. The van der Waals surface area contributed by atoms with Crippen LogP contribution in [0, 0.1) is 0 Å². The Bertz CT molecular complexity index is 717. The number of nitrogens with zero attached hydrogens (tertiary/aromatic N) is 3. The van der Waals surface area contributed by atoms with Gasteiger partial charge in [0.1, 0.15) is 12.6 Å². The van der Waals surface area contributed by atoms with Gasteiger partial charge < -0.3 is 10.2 Å². The molecule has 1 atom stereocenters. The predicted octanol–water partition coefficient (Wildman–Crippen LogP) is 2.45. The Morgan fingerprint density at radius 2 is 2.29 bits per heavy atom. The molecule has 6 nitrogen and oxygen atoms in total. The zero-order valence-electron chi connectivity index (χ0n) is 12.7. The topological polar surface area (TPSA) is 67.2 Å². The monoisotopic (exact) mass is 354 g/mol. The van der Waals surface area contributed by atoms with Crippen LogP contribution in [0.2, 0.25) is 0 Å². The van der Waals surface area contributed by atoms with Gasteiger partial charge in [-0.3, -0.25) is 14.3 Å². The van der Waals surface area contributed by atoms with Crippen molar-refractivity contribution in [1.29, 1.82) is 0 Å². The molecule has 0 unspecified atom stereocenters. The summed E-state index contributed by atoms with van der Waals surface area (Å²) in [4.78, 5) is 27.1. The van der Waals surface area contributed by atoms with Crippen LogP contribution in [0.3, 0.4) is 0 Å². The molecule has 1 aliphatic rings. The summed E-state index contributed by atoms with van der Waals surface area (Å²) in [5.41, 5.74) is 0.344. The van der Waals surface area contributed by atoms with E-state index >= 15 is 0 Å². The minimum Gasteiger partial charge on any atom is -0.326 e. The number of rotatable bonds is 5. The number of hydrogen-bond acceptors (Lipinski definition) is 4. The molecule has 128 valence electrons. The minimum absolute atomic E-state index is 0.156. The summed E-state index contributed by atoms with van der Waals surface area (Å²) in [6.45, 7) is 0.00174. The van der Waals surface area contributed by atoms with Gasteiger partial charge in [0.25, 0.3) is 12.3 Å². The van der Waals surface area contributed by atoms with E-state index < -0.39 is 19.0 Å². The predicted molar refractivity (Wildman–Crippen MR) is 85.2 cm³/mol. The number of amides is 2. The van der Waals surface area contributed by atoms with E-state index in [1.165, 1.54) is 23.7 Å². The second-order valence-corrected chi connectivity index (χ2v) is 6.41. The number of likely N-dealkylation sites (tertiary alicyclic amines) is 1. The van der Waals surface area contributed by atoms with Crippen LogP contribution in [-0.2, 0) is 11.3 Å². The van der Waals surface area contributed by atoms with Gasteiger partial charge >= 0.3 is 0 Å². The lowest BCUT2D eigenvalue weighted by molar-refractivity contribution is -0.119. The molecule has 9 heteroatoms. The fraction of sp³-hybridized carbons (Fsp3) is 0.400. The summed E-state index contributed by atoms with van der Waals surface area (Å²) in [7, 11) is 0. The maximum Gasteiger partial charge on any atom is 0.264 e. The van der Waals surface area contributed by atoms with Crippen LogP contribution in [0.5, 0.6) is 0 Å². The molecular formula is C15H16F2N4O2S. The van der Waals surface area contributed by atoms with Crippen LogP contribution in [0.4, 0.5) is 14.5 Å². The number of aromatic nitrogens is 2. The standard InChI is InChI=1S/C15H16F2N4O2S/c16-13(17)9-20-8-10(7-18-20)19-14(22)11-3-1-5-21(11)15(23)12-4-2-6-24-12/h2,4,6-8,11,13H,1,3,5,9H2,(H,19,22)/t11-/m0/s1. The highest BCUT2D eigenvalue weighted by atomic mass is 32.1. The van der Waals surface area contributed by atoms with Crippen molar-refractivity contribution < 1.29 is 18.4 Å². The van der Waals surface area contributed by atoms with Crippen molar-refractivity contribution in [2.45, 2.75) is 31.9 Å². The molecule has 2 aromatic heterocycles. The van der Waals surface area contributed by atoms with Crippen molar-refractivity contribution in [2.75, 3.05) is 11.9 Å². The molecule has 0 bridgehead atoms. The molecule has 3 heterocycles. The van der Waals surface area contributed by atoms with E-state index in [-0.39, 0.29) is 11.8 Å². The molecule has 0 aromatic carbocycles. The zero-order valence-corrected chi connectivity index (χ0v) is 13.5. The molecule has 1 fully saturated rings. The first kappa shape index (κ1) is 16.6. The lowest BCUT2D eigenvalue weighted by Gasteiger charge is -2.23. The summed E-state index contributed by atoms with van der Waals surface area (Å²) in [5.74, 6) is -0.481. The second-order valence-electron chi connectivity index (χ2n) is 5.47. The number of thiophene rings is 1. The Hall–Kier alpha value is -2.29. The maximum atomic E-state index is 12.5. The first-order chi connectivity index (χ1) is 11.5. The molecule has 2 amide bonds. The third-order valence-electron chi connectivity index (χ3n) is 3.77. The molecule has 0 saturated carbocycles. The van der Waals surface area contributed by atoms with E-state index in [9.17, 15) is 18.4 Å². The zero-order chi connectivity index (χ0) is 17.1. The van der Waals surface area contributed by atoms with Crippen molar-refractivity contribution >= 4 is 28.8 Å².